The first-order chi connectivity index (χ1) is 15.7. The first-order valence-corrected chi connectivity index (χ1v) is 11.6. The van der Waals surface area contributed by atoms with E-state index in [1.807, 2.05) is 18.5 Å². The first-order valence-electron chi connectivity index (χ1n) is 11.6. The molecule has 32 heavy (non-hydrogen) atoms. The fourth-order valence-electron chi connectivity index (χ4n) is 4.32. The van der Waals surface area contributed by atoms with Crippen molar-refractivity contribution >= 4 is 5.96 Å². The minimum Gasteiger partial charge on any atom is -0.357 e. The predicted octanol–water partition coefficient (Wildman–Crippen LogP) is 3.65. The van der Waals surface area contributed by atoms with E-state index in [1.54, 1.807) is 0 Å². The Morgan fingerprint density at radius 2 is 1.72 bits per heavy atom. The molecule has 1 aromatic heterocycles. The molecule has 0 saturated carbocycles. The number of aliphatic imine (C=N–C) groups is 1. The maximum Gasteiger partial charge on any atom is 0.191 e. The van der Waals surface area contributed by atoms with Crippen molar-refractivity contribution in [1.29, 1.82) is 0 Å². The molecule has 0 aliphatic carbocycles. The van der Waals surface area contributed by atoms with Crippen LogP contribution < -0.4 is 10.6 Å². The Balaban J connectivity index is 1.36. The van der Waals surface area contributed by atoms with Gasteiger partial charge < -0.3 is 15.2 Å². The number of benzene rings is 2. The Kier molecular flexibility index (Phi) is 7.56. The van der Waals surface area contributed by atoms with Gasteiger partial charge in [-0.1, -0.05) is 60.7 Å². The van der Waals surface area contributed by atoms with Crippen LogP contribution in [-0.4, -0.2) is 45.6 Å². The third-order valence-electron chi connectivity index (χ3n) is 5.99. The zero-order valence-electron chi connectivity index (χ0n) is 19.1. The van der Waals surface area contributed by atoms with Gasteiger partial charge in [-0.05, 0) is 31.4 Å². The summed E-state index contributed by atoms with van der Waals surface area (Å²) < 4.78 is 2.17. The van der Waals surface area contributed by atoms with Crippen LogP contribution >= 0.6 is 0 Å². The summed E-state index contributed by atoms with van der Waals surface area (Å²) in [5, 5.41) is 7.06. The van der Waals surface area contributed by atoms with Crippen LogP contribution in [0.5, 0.6) is 0 Å². The fraction of sp³-hybridized carbons (Fsp3) is 0.385. The maximum absolute atomic E-state index is 4.85. The molecule has 2 atom stereocenters. The second kappa shape index (κ2) is 11.0. The average molecular weight is 431 g/mol. The molecule has 1 saturated heterocycles. The Labute approximate surface area is 191 Å². The van der Waals surface area contributed by atoms with Gasteiger partial charge in [0.15, 0.2) is 5.96 Å². The van der Waals surface area contributed by atoms with Gasteiger partial charge in [-0.3, -0.25) is 4.90 Å². The summed E-state index contributed by atoms with van der Waals surface area (Å²) >= 11 is 0. The van der Waals surface area contributed by atoms with Gasteiger partial charge >= 0.3 is 0 Å². The molecule has 2 heterocycles. The average Bonchev–Trinajstić information content (AvgIpc) is 3.39. The van der Waals surface area contributed by atoms with E-state index in [-0.39, 0.29) is 0 Å². The first kappa shape index (κ1) is 22.1. The summed E-state index contributed by atoms with van der Waals surface area (Å²) in [6.07, 6.45) is 4.99. The third kappa shape index (κ3) is 5.98. The van der Waals surface area contributed by atoms with Gasteiger partial charge in [0.25, 0.3) is 0 Å². The topological polar surface area (TPSA) is 57.5 Å². The van der Waals surface area contributed by atoms with Crippen molar-refractivity contribution in [3.8, 4) is 0 Å². The molecule has 2 unspecified atom stereocenters. The molecule has 4 rings (SSSR count). The molecule has 6 nitrogen and oxygen atoms in total. The molecule has 2 N–H and O–H groups in total. The number of guanidine groups is 1. The summed E-state index contributed by atoms with van der Waals surface area (Å²) in [6, 6.07) is 22.1. The van der Waals surface area contributed by atoms with Crippen LogP contribution in [0, 0.1) is 0 Å². The molecule has 168 valence electrons. The lowest BCUT2D eigenvalue weighted by Crippen LogP contribution is -2.44. The van der Waals surface area contributed by atoms with Crippen LogP contribution in [0.1, 0.15) is 37.2 Å². The van der Waals surface area contributed by atoms with Gasteiger partial charge in [-0.25, -0.2) is 9.98 Å². The molecule has 1 aliphatic heterocycles. The van der Waals surface area contributed by atoms with Crippen LogP contribution in [0.4, 0.5) is 0 Å². The molecule has 6 heteroatoms. The molecule has 3 aromatic rings. The molecule has 1 aliphatic rings. The van der Waals surface area contributed by atoms with Gasteiger partial charge in [0.1, 0.15) is 12.4 Å². The Morgan fingerprint density at radius 1 is 1.03 bits per heavy atom. The summed E-state index contributed by atoms with van der Waals surface area (Å²) in [7, 11) is 0. The minimum absolute atomic E-state index is 0.385. The number of nitrogens with one attached hydrogen (secondary N) is 2. The highest BCUT2D eigenvalue weighted by Gasteiger charge is 2.29. The monoisotopic (exact) mass is 430 g/mol. The predicted molar refractivity (Wildman–Crippen MR) is 130 cm³/mol. The number of hydrogen-bond acceptors (Lipinski definition) is 3. The van der Waals surface area contributed by atoms with E-state index in [9.17, 15) is 0 Å². The molecule has 0 spiro atoms. The van der Waals surface area contributed by atoms with Crippen molar-refractivity contribution < 1.29 is 0 Å². The van der Waals surface area contributed by atoms with E-state index in [0.29, 0.717) is 18.6 Å². The van der Waals surface area contributed by atoms with Crippen molar-refractivity contribution in [2.24, 2.45) is 4.99 Å². The number of nitrogens with zero attached hydrogens (tertiary/aromatic N) is 4. The highest BCUT2D eigenvalue weighted by atomic mass is 15.3. The Hall–Kier alpha value is -3.12. The summed E-state index contributed by atoms with van der Waals surface area (Å²) in [6.45, 7) is 8.62. The Bertz CT molecular complexity index is 982. The number of imidazole rings is 1. The normalized spacial score (nSPS) is 19.2. The zero-order valence-corrected chi connectivity index (χ0v) is 19.1. The molecule has 0 amide bonds. The quantitative estimate of drug-likeness (QED) is 0.423. The molecule has 2 aromatic carbocycles. The highest BCUT2D eigenvalue weighted by Crippen LogP contribution is 2.20. The van der Waals surface area contributed by atoms with E-state index in [1.165, 1.54) is 11.1 Å². The zero-order chi connectivity index (χ0) is 22.2. The van der Waals surface area contributed by atoms with Gasteiger partial charge in [-0.2, -0.15) is 0 Å². The third-order valence-corrected chi connectivity index (χ3v) is 5.99. The second-order valence-electron chi connectivity index (χ2n) is 8.49. The van der Waals surface area contributed by atoms with Gasteiger partial charge in [0.05, 0.1) is 0 Å². The molecular formula is C26H34N6. The second-order valence-corrected chi connectivity index (χ2v) is 8.49. The van der Waals surface area contributed by atoms with E-state index in [4.69, 9.17) is 4.99 Å². The van der Waals surface area contributed by atoms with E-state index in [0.717, 1.165) is 44.4 Å². The lowest BCUT2D eigenvalue weighted by molar-refractivity contribution is 0.258. The van der Waals surface area contributed by atoms with E-state index < -0.39 is 0 Å². The molecule has 0 radical (unpaired) electrons. The molecular weight excluding hydrogens is 396 g/mol. The van der Waals surface area contributed by atoms with Crippen molar-refractivity contribution in [3.05, 3.63) is 90.0 Å². The highest BCUT2D eigenvalue weighted by molar-refractivity contribution is 5.80. The smallest absolute Gasteiger partial charge is 0.191 e. The van der Waals surface area contributed by atoms with Crippen molar-refractivity contribution in [2.75, 3.05) is 13.1 Å². The summed E-state index contributed by atoms with van der Waals surface area (Å²) in [5.41, 5.74) is 2.63. The maximum atomic E-state index is 4.85. The Morgan fingerprint density at radius 3 is 2.41 bits per heavy atom. The number of rotatable bonds is 8. The van der Waals surface area contributed by atoms with Crippen molar-refractivity contribution in [2.45, 2.75) is 52.0 Å². The van der Waals surface area contributed by atoms with Crippen LogP contribution in [-0.2, 0) is 19.6 Å². The summed E-state index contributed by atoms with van der Waals surface area (Å²) in [5.74, 6) is 1.83. The van der Waals surface area contributed by atoms with E-state index in [2.05, 4.69) is 93.5 Å². The van der Waals surface area contributed by atoms with Gasteiger partial charge in [-0.15, -0.1) is 0 Å². The number of hydrogen-bond donors (Lipinski definition) is 2. The van der Waals surface area contributed by atoms with E-state index >= 15 is 0 Å². The lowest BCUT2D eigenvalue weighted by Gasteiger charge is -2.21. The standard InChI is InChI=1S/C26H34N6/c1-3-27-26(29-17-25-28-14-15-31(25)18-22-10-6-4-7-11-22)30-24-16-21(2)32(20-24)19-23-12-8-5-9-13-23/h4-15,21,24H,3,16-20H2,1-2H3,(H2,27,29,30). The van der Waals surface area contributed by atoms with Gasteiger partial charge in [0.2, 0.25) is 0 Å². The fourth-order valence-corrected chi connectivity index (χ4v) is 4.32. The lowest BCUT2D eigenvalue weighted by atomic mass is 10.2. The SMILES string of the molecule is CCNC(=NCc1nccn1Cc1ccccc1)NC1CC(C)N(Cc2ccccc2)C1. The van der Waals surface area contributed by atoms with Crippen LogP contribution in [0.25, 0.3) is 0 Å². The molecule has 1 fully saturated rings. The summed E-state index contributed by atoms with van der Waals surface area (Å²) in [4.78, 5) is 11.9. The van der Waals surface area contributed by atoms with Crippen LogP contribution in [0.15, 0.2) is 78.0 Å². The van der Waals surface area contributed by atoms with Crippen molar-refractivity contribution in [3.63, 3.8) is 0 Å². The van der Waals surface area contributed by atoms with Gasteiger partial charge in [0, 0.05) is 50.7 Å². The van der Waals surface area contributed by atoms with Crippen molar-refractivity contribution in [1.82, 2.24) is 25.1 Å². The number of likely N-dealkylation sites (tertiary alicyclic amines) is 1. The number of aromatic nitrogens is 2. The largest absolute Gasteiger partial charge is 0.357 e. The minimum atomic E-state index is 0.385. The van der Waals surface area contributed by atoms with Crippen LogP contribution in [0.3, 0.4) is 0 Å². The van der Waals surface area contributed by atoms with Crippen LogP contribution in [0.2, 0.25) is 0 Å². The molecule has 0 bridgehead atoms.